The molecule has 1 saturated heterocycles. The summed E-state index contributed by atoms with van der Waals surface area (Å²) >= 11 is 1.77. The number of nitrogens with one attached hydrogen (secondary N) is 1. The molecular formula is C18H23N3OS. The molecule has 4 nitrogen and oxygen atoms in total. The van der Waals surface area contributed by atoms with Crippen LogP contribution in [0.5, 0.6) is 0 Å². The molecule has 3 rings (SSSR count). The van der Waals surface area contributed by atoms with Gasteiger partial charge in [0.15, 0.2) is 0 Å². The Balaban J connectivity index is 1.57. The summed E-state index contributed by atoms with van der Waals surface area (Å²) in [5.74, 6) is 0.0657. The van der Waals surface area contributed by atoms with E-state index in [0.29, 0.717) is 0 Å². The van der Waals surface area contributed by atoms with E-state index >= 15 is 0 Å². The van der Waals surface area contributed by atoms with E-state index in [1.165, 1.54) is 10.4 Å². The molecule has 1 amide bonds. The summed E-state index contributed by atoms with van der Waals surface area (Å²) in [5, 5.41) is 4.18. The van der Waals surface area contributed by atoms with Crippen molar-refractivity contribution in [2.24, 2.45) is 0 Å². The maximum atomic E-state index is 11.3. The van der Waals surface area contributed by atoms with E-state index in [1.807, 2.05) is 24.4 Å². The molecular weight excluding hydrogens is 306 g/mol. The van der Waals surface area contributed by atoms with Crippen molar-refractivity contribution in [2.75, 3.05) is 13.1 Å². The zero-order valence-corrected chi connectivity index (χ0v) is 14.5. The molecule has 0 atom stereocenters. The Kier molecular flexibility index (Phi) is 4.78. The molecule has 1 aliphatic rings. The maximum Gasteiger partial charge on any atom is 0.217 e. The smallest absolute Gasteiger partial charge is 0.217 e. The lowest BCUT2D eigenvalue weighted by atomic mass is 9.89. The van der Waals surface area contributed by atoms with Gasteiger partial charge in [0.25, 0.3) is 0 Å². The Bertz CT molecular complexity index is 660. The number of aromatic nitrogens is 1. The Morgan fingerprint density at radius 2 is 2.00 bits per heavy atom. The second kappa shape index (κ2) is 6.81. The van der Waals surface area contributed by atoms with Gasteiger partial charge in [0, 0.05) is 48.7 Å². The van der Waals surface area contributed by atoms with Crippen LogP contribution in [0.3, 0.4) is 0 Å². The second-order valence-corrected chi connectivity index (χ2v) is 7.63. The number of thiazole rings is 1. The summed E-state index contributed by atoms with van der Waals surface area (Å²) in [6, 6.07) is 10.3. The van der Waals surface area contributed by atoms with E-state index in [4.69, 9.17) is 0 Å². The molecule has 1 aromatic carbocycles. The van der Waals surface area contributed by atoms with E-state index in [1.54, 1.807) is 18.3 Å². The quantitative estimate of drug-likeness (QED) is 0.936. The number of hydrogen-bond acceptors (Lipinski definition) is 4. The van der Waals surface area contributed by atoms with Gasteiger partial charge in [-0.2, -0.15) is 0 Å². The number of hydrogen-bond donors (Lipinski definition) is 1. The van der Waals surface area contributed by atoms with E-state index in [2.05, 4.69) is 34.3 Å². The molecule has 0 radical (unpaired) electrons. The number of rotatable bonds is 4. The lowest BCUT2D eigenvalue weighted by molar-refractivity contribution is -0.121. The van der Waals surface area contributed by atoms with Gasteiger partial charge < -0.3 is 5.32 Å². The van der Waals surface area contributed by atoms with Crippen molar-refractivity contribution in [2.45, 2.75) is 38.8 Å². The molecule has 5 heteroatoms. The van der Waals surface area contributed by atoms with Crippen LogP contribution in [0.1, 0.15) is 31.6 Å². The van der Waals surface area contributed by atoms with Crippen molar-refractivity contribution in [1.29, 1.82) is 0 Å². The van der Waals surface area contributed by atoms with Crippen LogP contribution in [0, 0.1) is 0 Å². The summed E-state index contributed by atoms with van der Waals surface area (Å²) in [6.45, 7) is 6.71. The molecule has 2 aromatic rings. The molecule has 0 bridgehead atoms. The fraction of sp³-hybridized carbons (Fsp3) is 0.444. The lowest BCUT2D eigenvalue weighted by Crippen LogP contribution is -2.52. The number of amides is 1. The van der Waals surface area contributed by atoms with E-state index in [9.17, 15) is 4.79 Å². The largest absolute Gasteiger partial charge is 0.351 e. The molecule has 0 spiro atoms. The predicted octanol–water partition coefficient (Wildman–Crippen LogP) is 3.30. The molecule has 1 fully saturated rings. The highest BCUT2D eigenvalue weighted by molar-refractivity contribution is 7.15. The van der Waals surface area contributed by atoms with Crippen LogP contribution in [0.2, 0.25) is 0 Å². The number of carbonyl (C=O) groups excluding carboxylic acids is 1. The van der Waals surface area contributed by atoms with Gasteiger partial charge in [-0.05, 0) is 19.8 Å². The molecule has 0 unspecified atom stereocenters. The number of nitrogens with zero attached hydrogens (tertiary/aromatic N) is 2. The number of benzene rings is 1. The minimum absolute atomic E-state index is 0.0504. The van der Waals surface area contributed by atoms with Crippen molar-refractivity contribution in [3.8, 4) is 10.6 Å². The van der Waals surface area contributed by atoms with Crippen LogP contribution in [-0.4, -0.2) is 34.4 Å². The van der Waals surface area contributed by atoms with Gasteiger partial charge in [0.05, 0.1) is 0 Å². The van der Waals surface area contributed by atoms with E-state index in [-0.39, 0.29) is 11.4 Å². The Hall–Kier alpha value is -1.72. The fourth-order valence-corrected chi connectivity index (χ4v) is 4.03. The first-order valence-electron chi connectivity index (χ1n) is 8.05. The fourth-order valence-electron chi connectivity index (χ4n) is 3.07. The molecule has 1 aliphatic heterocycles. The standard InChI is InChI=1S/C18H23N3OS/c1-14(22)20-18(2)8-10-21(11-9-18)13-16-12-19-17(23-16)15-6-4-3-5-7-15/h3-7,12H,8-11,13H2,1-2H3,(H,20,22). The van der Waals surface area contributed by atoms with E-state index in [0.717, 1.165) is 37.5 Å². The third-order valence-electron chi connectivity index (χ3n) is 4.39. The highest BCUT2D eigenvalue weighted by Gasteiger charge is 2.30. The van der Waals surface area contributed by atoms with Crippen LogP contribution < -0.4 is 5.32 Å². The van der Waals surface area contributed by atoms with E-state index < -0.39 is 0 Å². The van der Waals surface area contributed by atoms with Crippen molar-refractivity contribution >= 4 is 17.2 Å². The van der Waals surface area contributed by atoms with Crippen molar-refractivity contribution in [3.63, 3.8) is 0 Å². The molecule has 1 aromatic heterocycles. The van der Waals surface area contributed by atoms with Gasteiger partial charge >= 0.3 is 0 Å². The Labute approximate surface area is 141 Å². The van der Waals surface area contributed by atoms with Crippen LogP contribution in [0.25, 0.3) is 10.6 Å². The predicted molar refractivity (Wildman–Crippen MR) is 94.3 cm³/mol. The summed E-state index contributed by atoms with van der Waals surface area (Å²) < 4.78 is 0. The summed E-state index contributed by atoms with van der Waals surface area (Å²) in [5.41, 5.74) is 1.13. The highest BCUT2D eigenvalue weighted by atomic mass is 32.1. The molecule has 0 saturated carbocycles. The van der Waals surface area contributed by atoms with Crippen LogP contribution >= 0.6 is 11.3 Å². The molecule has 122 valence electrons. The molecule has 2 heterocycles. The van der Waals surface area contributed by atoms with Crippen LogP contribution in [0.15, 0.2) is 36.5 Å². The first-order valence-corrected chi connectivity index (χ1v) is 8.87. The van der Waals surface area contributed by atoms with Gasteiger partial charge in [0.1, 0.15) is 5.01 Å². The van der Waals surface area contributed by atoms with Gasteiger partial charge in [0.2, 0.25) is 5.91 Å². The zero-order valence-electron chi connectivity index (χ0n) is 13.7. The zero-order chi connectivity index (χ0) is 16.3. The molecule has 0 aliphatic carbocycles. The SMILES string of the molecule is CC(=O)NC1(C)CCN(Cc2cnc(-c3ccccc3)s2)CC1. The summed E-state index contributed by atoms with van der Waals surface area (Å²) in [4.78, 5) is 19.6. The average molecular weight is 329 g/mol. The van der Waals surface area contributed by atoms with Crippen molar-refractivity contribution < 1.29 is 4.79 Å². The van der Waals surface area contributed by atoms with Gasteiger partial charge in [-0.1, -0.05) is 30.3 Å². The lowest BCUT2D eigenvalue weighted by Gasteiger charge is -2.39. The van der Waals surface area contributed by atoms with Crippen LogP contribution in [0.4, 0.5) is 0 Å². The minimum atomic E-state index is -0.0504. The topological polar surface area (TPSA) is 45.2 Å². The van der Waals surface area contributed by atoms with Crippen molar-refractivity contribution in [3.05, 3.63) is 41.4 Å². The monoisotopic (exact) mass is 329 g/mol. The maximum absolute atomic E-state index is 11.3. The number of carbonyl (C=O) groups is 1. The molecule has 23 heavy (non-hydrogen) atoms. The number of piperidine rings is 1. The third kappa shape index (κ3) is 4.18. The first-order chi connectivity index (χ1) is 11.0. The highest BCUT2D eigenvalue weighted by Crippen LogP contribution is 2.28. The Morgan fingerprint density at radius 3 is 2.65 bits per heavy atom. The first kappa shape index (κ1) is 16.1. The van der Waals surface area contributed by atoms with Gasteiger partial charge in [-0.3, -0.25) is 9.69 Å². The normalized spacial score (nSPS) is 17.8. The second-order valence-electron chi connectivity index (χ2n) is 6.52. The molecule has 1 N–H and O–H groups in total. The minimum Gasteiger partial charge on any atom is -0.351 e. The third-order valence-corrected chi connectivity index (χ3v) is 5.42. The number of likely N-dealkylation sites (tertiary alicyclic amines) is 1. The average Bonchev–Trinajstić information content (AvgIpc) is 2.98. The van der Waals surface area contributed by atoms with Crippen molar-refractivity contribution in [1.82, 2.24) is 15.2 Å². The van der Waals surface area contributed by atoms with Gasteiger partial charge in [-0.15, -0.1) is 11.3 Å². The Morgan fingerprint density at radius 1 is 1.30 bits per heavy atom. The summed E-state index contributed by atoms with van der Waals surface area (Å²) in [6.07, 6.45) is 3.99. The van der Waals surface area contributed by atoms with Gasteiger partial charge in [-0.25, -0.2) is 4.98 Å². The summed E-state index contributed by atoms with van der Waals surface area (Å²) in [7, 11) is 0. The van der Waals surface area contributed by atoms with Crippen LogP contribution in [-0.2, 0) is 11.3 Å².